The van der Waals surface area contributed by atoms with Crippen LogP contribution in [-0.2, 0) is 26.2 Å². The van der Waals surface area contributed by atoms with Crippen LogP contribution in [0.1, 0.15) is 39.5 Å². The van der Waals surface area contributed by atoms with Crippen LogP contribution in [0.15, 0.2) is 42.5 Å². The molecule has 0 aromatic rings. The molecule has 2 heteroatoms. The molecule has 0 fully saturated rings. The van der Waals surface area contributed by atoms with E-state index in [0.29, 0.717) is 0 Å². The van der Waals surface area contributed by atoms with Gasteiger partial charge in [0.25, 0.3) is 0 Å². The minimum Gasteiger partial charge on any atom is -1.00 e. The zero-order valence-corrected chi connectivity index (χ0v) is 15.1. The van der Waals surface area contributed by atoms with Gasteiger partial charge in [-0.1, -0.05) is 26.7 Å². The van der Waals surface area contributed by atoms with E-state index >= 15 is 0 Å². The van der Waals surface area contributed by atoms with Gasteiger partial charge in [-0.3, -0.25) is 18.2 Å². The topological polar surface area (TPSA) is 0 Å². The fourth-order valence-corrected chi connectivity index (χ4v) is 1.11. The third-order valence-corrected chi connectivity index (χ3v) is 2.08. The average Bonchev–Trinajstić information content (AvgIpc) is 3.01. The Balaban J connectivity index is -0.000000194. The first kappa shape index (κ1) is 23.9. The maximum atomic E-state index is 5.15. The normalized spacial score (nSPS) is 12.8. The first-order valence-electron chi connectivity index (χ1n) is 6.24. The molecule has 19 heavy (non-hydrogen) atoms. The fraction of sp³-hybridized carbons (Fsp3) is 0.412. The minimum atomic E-state index is 0. The van der Waals surface area contributed by atoms with E-state index < -0.39 is 0 Å². The van der Waals surface area contributed by atoms with Crippen molar-refractivity contribution in [2.75, 3.05) is 0 Å². The van der Waals surface area contributed by atoms with Gasteiger partial charge < -0.3 is 19.0 Å². The predicted molar refractivity (Wildman–Crippen MR) is 76.1 cm³/mol. The van der Waals surface area contributed by atoms with E-state index in [1.165, 1.54) is 6.42 Å². The summed E-state index contributed by atoms with van der Waals surface area (Å²) in [5.74, 6) is 0.791. The smallest absolute Gasteiger partial charge is 1.00 e. The van der Waals surface area contributed by atoms with Crippen molar-refractivity contribution in [3.8, 4) is 0 Å². The van der Waals surface area contributed by atoms with Crippen LogP contribution < -0.4 is 12.4 Å². The molecular weight excluding hydrogens is 331 g/mol. The largest absolute Gasteiger partial charge is 4.00 e. The van der Waals surface area contributed by atoms with Gasteiger partial charge in [0.2, 0.25) is 0 Å². The molecule has 0 saturated heterocycles. The predicted octanol–water partition coefficient (Wildman–Crippen LogP) is 2.02. The van der Waals surface area contributed by atoms with Crippen molar-refractivity contribution in [2.45, 2.75) is 39.5 Å². The third-order valence-electron chi connectivity index (χ3n) is 2.08. The van der Waals surface area contributed by atoms with Gasteiger partial charge in [0.1, 0.15) is 0 Å². The van der Waals surface area contributed by atoms with E-state index in [-0.39, 0.29) is 38.6 Å². The molecule has 0 aromatic carbocycles. The van der Waals surface area contributed by atoms with Crippen molar-refractivity contribution < 1.29 is 38.6 Å². The van der Waals surface area contributed by atoms with Crippen molar-refractivity contribution >= 4 is 0 Å². The molecule has 0 aromatic heterocycles. The second kappa shape index (κ2) is 20.2. The number of allylic oxidation sites excluding steroid dienone is 9. The summed E-state index contributed by atoms with van der Waals surface area (Å²) in [6, 6.07) is 0. The van der Waals surface area contributed by atoms with Crippen LogP contribution in [0.3, 0.4) is 0 Å². The van der Waals surface area contributed by atoms with E-state index in [0.717, 1.165) is 25.2 Å². The third kappa shape index (κ3) is 23.4. The van der Waals surface area contributed by atoms with Gasteiger partial charge in [-0.05, 0) is 5.92 Å². The van der Waals surface area contributed by atoms with Crippen molar-refractivity contribution in [3.05, 3.63) is 61.3 Å². The van der Waals surface area contributed by atoms with Crippen molar-refractivity contribution in [3.63, 3.8) is 0 Å². The van der Waals surface area contributed by atoms with Crippen LogP contribution in [0.5, 0.6) is 0 Å². The van der Waals surface area contributed by atoms with E-state index in [1.54, 1.807) is 6.08 Å². The summed E-state index contributed by atoms with van der Waals surface area (Å²) in [6.45, 7) is 9.55. The van der Waals surface area contributed by atoms with Gasteiger partial charge in [0.15, 0.2) is 0 Å². The van der Waals surface area contributed by atoms with Crippen LogP contribution in [0, 0.1) is 24.6 Å². The van der Waals surface area contributed by atoms with Gasteiger partial charge >= 0.3 is 26.2 Å². The molecule has 0 aliphatic heterocycles. The Bertz CT molecular complexity index is 244. The Morgan fingerprint density at radius 1 is 1.11 bits per heavy atom. The van der Waals surface area contributed by atoms with E-state index in [4.69, 9.17) is 6.58 Å². The first-order valence-corrected chi connectivity index (χ1v) is 6.24. The number of halogens is 1. The average molecular weight is 354 g/mol. The van der Waals surface area contributed by atoms with Crippen LogP contribution in [0.2, 0.25) is 0 Å². The van der Waals surface area contributed by atoms with Gasteiger partial charge in [-0.25, -0.2) is 24.3 Å². The molecule has 0 bridgehead atoms. The summed E-state index contributed by atoms with van der Waals surface area (Å²) in [4.78, 5) is 0. The van der Waals surface area contributed by atoms with Gasteiger partial charge in [0, 0.05) is 0 Å². The monoisotopic (exact) mass is 352 g/mol. The zero-order valence-electron chi connectivity index (χ0n) is 11.9. The van der Waals surface area contributed by atoms with Crippen LogP contribution in [0.4, 0.5) is 0 Å². The Hall–Kier alpha value is -0.127. The van der Waals surface area contributed by atoms with Crippen LogP contribution >= 0.6 is 0 Å². The molecule has 0 heterocycles. The van der Waals surface area contributed by atoms with E-state index in [2.05, 4.69) is 38.2 Å². The summed E-state index contributed by atoms with van der Waals surface area (Å²) in [6.07, 6.45) is 24.0. The second-order valence-corrected chi connectivity index (χ2v) is 4.21. The molecule has 2 aliphatic carbocycles. The first-order chi connectivity index (χ1) is 8.27. The molecule has 2 rings (SSSR count). The Labute approximate surface area is 145 Å². The summed E-state index contributed by atoms with van der Waals surface area (Å²) < 4.78 is 0. The molecule has 0 atom stereocenters. The van der Waals surface area contributed by atoms with Crippen molar-refractivity contribution in [2.24, 2.45) is 5.92 Å². The minimum absolute atomic E-state index is 0. The summed E-state index contributed by atoms with van der Waals surface area (Å²) in [5.41, 5.74) is 0. The Morgan fingerprint density at radius 3 is 1.68 bits per heavy atom. The number of hydrogen-bond donors (Lipinski definition) is 0. The Morgan fingerprint density at radius 2 is 1.58 bits per heavy atom. The summed E-state index contributed by atoms with van der Waals surface area (Å²) in [7, 11) is 0. The zero-order chi connectivity index (χ0) is 12.8. The molecule has 2 aliphatic rings. The van der Waals surface area contributed by atoms with Crippen LogP contribution in [-0.4, -0.2) is 0 Å². The molecule has 0 unspecified atom stereocenters. The van der Waals surface area contributed by atoms with Gasteiger partial charge in [-0.2, -0.15) is 12.2 Å². The standard InChI is InChI=1S/C7H13.2C5H5.ClH.Zr/c1-4-5-6-7(2)3;2*1-2-4-5-3-1;;/h1,4,7H,5-6H2,2-3H3;2*1-3H,4H2;1H;/q3*-1;;+4/p-1. The van der Waals surface area contributed by atoms with Gasteiger partial charge in [-0.15, -0.1) is 12.8 Å². The molecule has 0 amide bonds. The maximum Gasteiger partial charge on any atom is 4.00 e. The maximum absolute atomic E-state index is 5.15. The quantitative estimate of drug-likeness (QED) is 0.681. The molecular formula is C17H23ClZr. The van der Waals surface area contributed by atoms with E-state index in [1.807, 2.05) is 24.3 Å². The summed E-state index contributed by atoms with van der Waals surface area (Å²) >= 11 is 0. The molecule has 102 valence electrons. The molecule has 0 spiro atoms. The molecule has 0 N–H and O–H groups in total. The number of rotatable bonds is 3. The molecule has 0 saturated carbocycles. The van der Waals surface area contributed by atoms with Crippen LogP contribution in [0.25, 0.3) is 0 Å². The number of hydrogen-bond acceptors (Lipinski definition) is 0. The second-order valence-electron chi connectivity index (χ2n) is 4.21. The fourth-order valence-electron chi connectivity index (χ4n) is 1.11. The van der Waals surface area contributed by atoms with Crippen molar-refractivity contribution in [1.82, 2.24) is 0 Å². The summed E-state index contributed by atoms with van der Waals surface area (Å²) in [5, 5.41) is 0. The molecule has 0 radical (unpaired) electrons. The molecule has 0 nitrogen and oxygen atoms in total. The SMILES string of the molecule is [C-]1=CC=CC1.[C-]1=CC=CC1.[CH-]=CCCC(C)C.[Cl-].[Zr+4]. The van der Waals surface area contributed by atoms with E-state index in [9.17, 15) is 0 Å². The van der Waals surface area contributed by atoms with Gasteiger partial charge in [0.05, 0.1) is 0 Å². The van der Waals surface area contributed by atoms with Crippen molar-refractivity contribution in [1.29, 1.82) is 0 Å². The Kier molecular flexibility index (Phi) is 25.4.